The third kappa shape index (κ3) is 3.36. The van der Waals surface area contributed by atoms with E-state index in [0.29, 0.717) is 6.54 Å². The Hall–Kier alpha value is -1.23. The van der Waals surface area contributed by atoms with Gasteiger partial charge in [-0.3, -0.25) is 4.90 Å². The second-order valence-electron chi connectivity index (χ2n) is 3.95. The largest absolute Gasteiger partial charge is 0.395 e. The zero-order chi connectivity index (χ0) is 12.1. The van der Waals surface area contributed by atoms with Gasteiger partial charge >= 0.3 is 0 Å². The lowest BCUT2D eigenvalue weighted by Gasteiger charge is -2.12. The van der Waals surface area contributed by atoms with Crippen molar-refractivity contribution in [1.82, 2.24) is 9.88 Å². The minimum absolute atomic E-state index is 0.188. The maximum Gasteiger partial charge on any atom is 0.107 e. The van der Waals surface area contributed by atoms with Crippen LogP contribution >= 0.6 is 11.3 Å². The van der Waals surface area contributed by atoms with Crippen molar-refractivity contribution in [2.24, 2.45) is 0 Å². The zero-order valence-corrected chi connectivity index (χ0v) is 10.7. The van der Waals surface area contributed by atoms with Gasteiger partial charge in [-0.15, -0.1) is 11.3 Å². The highest BCUT2D eigenvalue weighted by molar-refractivity contribution is 7.09. The van der Waals surface area contributed by atoms with Gasteiger partial charge in [0.25, 0.3) is 0 Å². The molecular weight excluding hydrogens is 232 g/mol. The number of aliphatic hydroxyl groups is 1. The van der Waals surface area contributed by atoms with Gasteiger partial charge in [-0.05, 0) is 7.05 Å². The van der Waals surface area contributed by atoms with Crippen molar-refractivity contribution in [1.29, 1.82) is 0 Å². The summed E-state index contributed by atoms with van der Waals surface area (Å²) in [4.78, 5) is 6.66. The first-order valence-corrected chi connectivity index (χ1v) is 6.47. The van der Waals surface area contributed by atoms with Crippen molar-refractivity contribution in [3.8, 4) is 11.3 Å². The van der Waals surface area contributed by atoms with Gasteiger partial charge in [0.15, 0.2) is 0 Å². The third-order valence-electron chi connectivity index (χ3n) is 2.51. The average Bonchev–Trinajstić information content (AvgIpc) is 2.79. The van der Waals surface area contributed by atoms with E-state index in [4.69, 9.17) is 5.11 Å². The molecule has 1 aromatic carbocycles. The first-order chi connectivity index (χ1) is 8.29. The highest BCUT2D eigenvalue weighted by Crippen LogP contribution is 2.21. The monoisotopic (exact) mass is 248 g/mol. The quantitative estimate of drug-likeness (QED) is 0.881. The number of aliphatic hydroxyl groups excluding tert-OH is 1. The van der Waals surface area contributed by atoms with Gasteiger partial charge in [-0.1, -0.05) is 30.3 Å². The van der Waals surface area contributed by atoms with Gasteiger partial charge in [0.1, 0.15) is 5.01 Å². The number of likely N-dealkylation sites (N-methyl/N-ethyl adjacent to an activating group) is 1. The molecule has 0 saturated carbocycles. The Labute approximate surface area is 105 Å². The van der Waals surface area contributed by atoms with Crippen molar-refractivity contribution in [2.75, 3.05) is 20.2 Å². The van der Waals surface area contributed by atoms with Gasteiger partial charge in [-0.2, -0.15) is 0 Å². The van der Waals surface area contributed by atoms with Crippen LogP contribution in [0.15, 0.2) is 35.7 Å². The Morgan fingerprint density at radius 3 is 2.76 bits per heavy atom. The molecule has 2 rings (SSSR count). The molecule has 0 spiro atoms. The molecule has 0 aliphatic heterocycles. The molecule has 0 fully saturated rings. The van der Waals surface area contributed by atoms with Gasteiger partial charge in [0, 0.05) is 17.5 Å². The standard InChI is InChI=1S/C13H16N2OS/c1-15(7-8-16)9-13-14-12(10-17-13)11-5-3-2-4-6-11/h2-6,10,16H,7-9H2,1H3. The summed E-state index contributed by atoms with van der Waals surface area (Å²) in [6.45, 7) is 1.66. The van der Waals surface area contributed by atoms with Crippen LogP contribution in [-0.4, -0.2) is 35.2 Å². The molecule has 2 aromatic rings. The molecule has 1 heterocycles. The normalized spacial score (nSPS) is 11.0. The topological polar surface area (TPSA) is 36.4 Å². The summed E-state index contributed by atoms with van der Waals surface area (Å²) >= 11 is 1.66. The molecule has 4 heteroatoms. The number of hydrogen-bond acceptors (Lipinski definition) is 4. The van der Waals surface area contributed by atoms with Gasteiger partial charge in [0.05, 0.1) is 18.8 Å². The lowest BCUT2D eigenvalue weighted by molar-refractivity contribution is 0.217. The lowest BCUT2D eigenvalue weighted by atomic mass is 10.2. The first-order valence-electron chi connectivity index (χ1n) is 5.59. The van der Waals surface area contributed by atoms with Gasteiger partial charge in [-0.25, -0.2) is 4.98 Å². The van der Waals surface area contributed by atoms with Gasteiger partial charge in [0.2, 0.25) is 0 Å². The summed E-state index contributed by atoms with van der Waals surface area (Å²) in [5.41, 5.74) is 2.18. The Kier molecular flexibility index (Phi) is 4.25. The molecule has 17 heavy (non-hydrogen) atoms. The van der Waals surface area contributed by atoms with Crippen LogP contribution in [-0.2, 0) is 6.54 Å². The van der Waals surface area contributed by atoms with Crippen molar-refractivity contribution >= 4 is 11.3 Å². The molecule has 0 atom stereocenters. The number of rotatable bonds is 5. The Bertz CT molecular complexity index is 455. The fourth-order valence-corrected chi connectivity index (χ4v) is 2.49. The number of nitrogens with zero attached hydrogens (tertiary/aromatic N) is 2. The maximum absolute atomic E-state index is 8.84. The predicted molar refractivity (Wildman–Crippen MR) is 71.0 cm³/mol. The molecule has 0 amide bonds. The van der Waals surface area contributed by atoms with Crippen LogP contribution in [0.1, 0.15) is 5.01 Å². The zero-order valence-electron chi connectivity index (χ0n) is 9.84. The summed E-state index contributed by atoms with van der Waals surface area (Å²) in [5, 5.41) is 12.0. The number of aromatic nitrogens is 1. The van der Waals surface area contributed by atoms with Crippen LogP contribution in [0.4, 0.5) is 0 Å². The van der Waals surface area contributed by atoms with Gasteiger partial charge < -0.3 is 5.11 Å². The second-order valence-corrected chi connectivity index (χ2v) is 4.90. The van der Waals surface area contributed by atoms with Crippen LogP contribution in [0.3, 0.4) is 0 Å². The molecular formula is C13H16N2OS. The summed E-state index contributed by atoms with van der Waals surface area (Å²) in [7, 11) is 1.99. The fraction of sp³-hybridized carbons (Fsp3) is 0.308. The van der Waals surface area contributed by atoms with Crippen LogP contribution < -0.4 is 0 Å². The average molecular weight is 248 g/mol. The third-order valence-corrected chi connectivity index (χ3v) is 3.34. The molecule has 90 valence electrons. The summed E-state index contributed by atoms with van der Waals surface area (Å²) in [5.74, 6) is 0. The number of benzene rings is 1. The van der Waals surface area contributed by atoms with E-state index < -0.39 is 0 Å². The van der Waals surface area contributed by atoms with E-state index in [0.717, 1.165) is 22.8 Å². The maximum atomic E-state index is 8.84. The second kappa shape index (κ2) is 5.91. The van der Waals surface area contributed by atoms with Crippen LogP contribution in [0.2, 0.25) is 0 Å². The molecule has 0 unspecified atom stereocenters. The molecule has 0 aliphatic carbocycles. The molecule has 0 bridgehead atoms. The first kappa shape index (κ1) is 12.2. The lowest BCUT2D eigenvalue weighted by Crippen LogP contribution is -2.21. The van der Waals surface area contributed by atoms with Crippen LogP contribution in [0.25, 0.3) is 11.3 Å². The van der Waals surface area contributed by atoms with Crippen LogP contribution in [0, 0.1) is 0 Å². The summed E-state index contributed by atoms with van der Waals surface area (Å²) in [6.07, 6.45) is 0. The van der Waals surface area contributed by atoms with E-state index in [9.17, 15) is 0 Å². The van der Waals surface area contributed by atoms with Crippen molar-refractivity contribution < 1.29 is 5.11 Å². The molecule has 0 radical (unpaired) electrons. The fourth-order valence-electron chi connectivity index (χ4n) is 1.61. The predicted octanol–water partition coefficient (Wildman–Crippen LogP) is 2.23. The molecule has 0 saturated heterocycles. The van der Waals surface area contributed by atoms with Crippen LogP contribution in [0.5, 0.6) is 0 Å². The minimum atomic E-state index is 0.188. The number of thiazole rings is 1. The van der Waals surface area contributed by atoms with E-state index in [1.165, 1.54) is 0 Å². The van der Waals surface area contributed by atoms with E-state index >= 15 is 0 Å². The van der Waals surface area contributed by atoms with E-state index in [1.807, 2.05) is 25.2 Å². The van der Waals surface area contributed by atoms with E-state index in [2.05, 4.69) is 27.4 Å². The molecule has 0 aliphatic rings. The molecule has 1 aromatic heterocycles. The molecule has 1 N–H and O–H groups in total. The smallest absolute Gasteiger partial charge is 0.107 e. The molecule has 3 nitrogen and oxygen atoms in total. The van der Waals surface area contributed by atoms with E-state index in [-0.39, 0.29) is 6.61 Å². The minimum Gasteiger partial charge on any atom is -0.395 e. The Balaban J connectivity index is 2.06. The Morgan fingerprint density at radius 1 is 1.29 bits per heavy atom. The summed E-state index contributed by atoms with van der Waals surface area (Å²) < 4.78 is 0. The van der Waals surface area contributed by atoms with E-state index in [1.54, 1.807) is 11.3 Å². The Morgan fingerprint density at radius 2 is 2.06 bits per heavy atom. The highest BCUT2D eigenvalue weighted by atomic mass is 32.1. The SMILES string of the molecule is CN(CCO)Cc1nc(-c2ccccc2)cs1. The van der Waals surface area contributed by atoms with Crippen molar-refractivity contribution in [2.45, 2.75) is 6.54 Å². The van der Waals surface area contributed by atoms with Crippen molar-refractivity contribution in [3.05, 3.63) is 40.7 Å². The highest BCUT2D eigenvalue weighted by Gasteiger charge is 2.06. The van der Waals surface area contributed by atoms with Crippen molar-refractivity contribution in [3.63, 3.8) is 0 Å². The summed E-state index contributed by atoms with van der Waals surface area (Å²) in [6, 6.07) is 10.2. The number of hydrogen-bond donors (Lipinski definition) is 1.